The molecule has 1 heterocycles. The van der Waals surface area contributed by atoms with Crippen molar-refractivity contribution in [1.29, 1.82) is 0 Å². The van der Waals surface area contributed by atoms with Gasteiger partial charge in [-0.15, -0.1) is 0 Å². The molecule has 1 aromatic carbocycles. The summed E-state index contributed by atoms with van der Waals surface area (Å²) in [5.74, 6) is -1.18. The van der Waals surface area contributed by atoms with Gasteiger partial charge in [-0.25, -0.2) is 13.6 Å². The van der Waals surface area contributed by atoms with Crippen LogP contribution in [-0.4, -0.2) is 42.3 Å². The summed E-state index contributed by atoms with van der Waals surface area (Å²) in [4.78, 5) is 13.8. The maximum atomic E-state index is 13.8. The number of nitrogens with zero attached hydrogens (tertiary/aromatic N) is 1. The smallest absolute Gasteiger partial charge is 0.410 e. The van der Waals surface area contributed by atoms with E-state index in [0.717, 1.165) is 0 Å². The molecule has 1 aromatic rings. The van der Waals surface area contributed by atoms with Gasteiger partial charge in [-0.2, -0.15) is 0 Å². The summed E-state index contributed by atoms with van der Waals surface area (Å²) in [7, 11) is 0. The predicted molar refractivity (Wildman–Crippen MR) is 79.7 cm³/mol. The highest BCUT2D eigenvalue weighted by atomic mass is 19.1. The zero-order valence-electron chi connectivity index (χ0n) is 13.2. The van der Waals surface area contributed by atoms with E-state index in [2.05, 4.69) is 5.32 Å². The summed E-state index contributed by atoms with van der Waals surface area (Å²) < 4.78 is 33.0. The number of carbonyl (C=O) groups excluding carboxylic acids is 1. The Bertz CT molecular complexity index is 523. The Labute approximate surface area is 129 Å². The number of piperazine rings is 1. The maximum Gasteiger partial charge on any atom is 0.410 e. The minimum Gasteiger partial charge on any atom is -0.444 e. The van der Waals surface area contributed by atoms with Gasteiger partial charge in [0.15, 0.2) is 0 Å². The molecule has 1 aliphatic heterocycles. The Hall–Kier alpha value is -1.69. The van der Waals surface area contributed by atoms with Crippen molar-refractivity contribution >= 4 is 6.09 Å². The molecule has 0 spiro atoms. The number of halogens is 2. The molecule has 1 N–H and O–H groups in total. The van der Waals surface area contributed by atoms with Gasteiger partial charge in [-0.3, -0.25) is 0 Å². The first-order chi connectivity index (χ1) is 10.3. The molecule has 1 aliphatic rings. The number of ether oxygens (including phenoxy) is 1. The highest BCUT2D eigenvalue weighted by molar-refractivity contribution is 5.68. The third-order valence-electron chi connectivity index (χ3n) is 3.48. The van der Waals surface area contributed by atoms with Crippen molar-refractivity contribution in [2.24, 2.45) is 0 Å². The summed E-state index contributed by atoms with van der Waals surface area (Å²) in [5.41, 5.74) is -0.597. The normalized spacial score (nSPS) is 19.1. The molecule has 22 heavy (non-hydrogen) atoms. The van der Waals surface area contributed by atoms with Gasteiger partial charge in [0.1, 0.15) is 17.2 Å². The van der Waals surface area contributed by atoms with Crippen molar-refractivity contribution in [3.8, 4) is 0 Å². The third kappa shape index (κ3) is 4.16. The van der Waals surface area contributed by atoms with Crippen LogP contribution in [0.15, 0.2) is 18.2 Å². The van der Waals surface area contributed by atoms with E-state index >= 15 is 0 Å². The number of hydrogen-bond donors (Lipinski definition) is 1. The van der Waals surface area contributed by atoms with Crippen LogP contribution in [0.1, 0.15) is 26.3 Å². The fourth-order valence-electron chi connectivity index (χ4n) is 2.47. The van der Waals surface area contributed by atoms with Crippen molar-refractivity contribution in [2.75, 3.05) is 19.6 Å². The van der Waals surface area contributed by atoms with Gasteiger partial charge in [0.25, 0.3) is 0 Å². The third-order valence-corrected chi connectivity index (χ3v) is 3.48. The summed E-state index contributed by atoms with van der Waals surface area (Å²) in [5, 5.41) is 3.15. The fourth-order valence-corrected chi connectivity index (χ4v) is 2.47. The number of amides is 1. The standard InChI is InChI=1S/C16H22F2N2O2/c1-16(2,3)22-15(21)20-8-7-19-10-11(20)9-12-13(17)5-4-6-14(12)18/h4-6,11,19H,7-10H2,1-3H3/t11-/m1/s1. The topological polar surface area (TPSA) is 41.6 Å². The van der Waals surface area contributed by atoms with Crippen molar-refractivity contribution in [1.82, 2.24) is 10.2 Å². The Morgan fingerprint density at radius 2 is 2.00 bits per heavy atom. The average Bonchev–Trinajstić information content (AvgIpc) is 2.41. The molecule has 122 valence electrons. The average molecular weight is 312 g/mol. The van der Waals surface area contributed by atoms with Gasteiger partial charge >= 0.3 is 6.09 Å². The van der Waals surface area contributed by atoms with E-state index in [0.29, 0.717) is 19.6 Å². The Morgan fingerprint density at radius 1 is 1.36 bits per heavy atom. The van der Waals surface area contributed by atoms with Crippen molar-refractivity contribution < 1.29 is 18.3 Å². The van der Waals surface area contributed by atoms with Crippen LogP contribution in [0.25, 0.3) is 0 Å². The minimum atomic E-state index is -0.601. The maximum absolute atomic E-state index is 13.8. The second-order valence-electron chi connectivity index (χ2n) is 6.44. The molecule has 1 atom stereocenters. The number of nitrogens with one attached hydrogen (secondary N) is 1. The largest absolute Gasteiger partial charge is 0.444 e. The number of hydrogen-bond acceptors (Lipinski definition) is 3. The summed E-state index contributed by atoms with van der Waals surface area (Å²) in [6.07, 6.45) is -0.333. The Morgan fingerprint density at radius 3 is 2.59 bits per heavy atom. The first-order valence-electron chi connectivity index (χ1n) is 7.41. The molecular formula is C16H22F2N2O2. The van der Waals surface area contributed by atoms with Gasteiger partial charge in [0, 0.05) is 25.2 Å². The van der Waals surface area contributed by atoms with Crippen molar-refractivity contribution in [2.45, 2.75) is 38.8 Å². The summed E-state index contributed by atoms with van der Waals surface area (Å²) in [6.45, 7) is 6.94. The van der Waals surface area contributed by atoms with E-state index in [-0.39, 0.29) is 18.0 Å². The highest BCUT2D eigenvalue weighted by Gasteiger charge is 2.31. The first-order valence-corrected chi connectivity index (χ1v) is 7.41. The lowest BCUT2D eigenvalue weighted by Crippen LogP contribution is -2.55. The molecule has 4 nitrogen and oxygen atoms in total. The lowest BCUT2D eigenvalue weighted by atomic mass is 10.0. The van der Waals surface area contributed by atoms with Crippen LogP contribution in [-0.2, 0) is 11.2 Å². The van der Waals surface area contributed by atoms with Crippen LogP contribution in [0.5, 0.6) is 0 Å². The molecule has 0 unspecified atom stereocenters. The summed E-state index contributed by atoms with van der Waals surface area (Å²) >= 11 is 0. The van der Waals surface area contributed by atoms with E-state index in [1.165, 1.54) is 18.2 Å². The lowest BCUT2D eigenvalue weighted by molar-refractivity contribution is 0.0120. The lowest BCUT2D eigenvalue weighted by Gasteiger charge is -2.37. The molecule has 1 fully saturated rings. The van der Waals surface area contributed by atoms with Crippen molar-refractivity contribution in [3.05, 3.63) is 35.4 Å². The molecule has 1 amide bonds. The molecule has 0 aliphatic carbocycles. The molecule has 1 saturated heterocycles. The Balaban J connectivity index is 2.15. The molecule has 6 heteroatoms. The van der Waals surface area contributed by atoms with Crippen LogP contribution in [0, 0.1) is 11.6 Å². The molecule has 0 bridgehead atoms. The van der Waals surface area contributed by atoms with Gasteiger partial charge in [-0.1, -0.05) is 6.07 Å². The second-order valence-corrected chi connectivity index (χ2v) is 6.44. The highest BCUT2D eigenvalue weighted by Crippen LogP contribution is 2.19. The van der Waals surface area contributed by atoms with Crippen LogP contribution >= 0.6 is 0 Å². The van der Waals surface area contributed by atoms with Gasteiger partial charge in [-0.05, 0) is 39.3 Å². The second kappa shape index (κ2) is 6.60. The molecular weight excluding hydrogens is 290 g/mol. The minimum absolute atomic E-state index is 0.00441. The molecule has 0 saturated carbocycles. The van der Waals surface area contributed by atoms with Crippen molar-refractivity contribution in [3.63, 3.8) is 0 Å². The van der Waals surface area contributed by atoms with E-state index in [9.17, 15) is 13.6 Å². The molecule has 0 radical (unpaired) electrons. The summed E-state index contributed by atoms with van der Waals surface area (Å²) in [6, 6.07) is 3.45. The van der Waals surface area contributed by atoms with Gasteiger partial charge in [0.05, 0.1) is 6.04 Å². The number of rotatable bonds is 2. The van der Waals surface area contributed by atoms with Gasteiger partial charge in [0.2, 0.25) is 0 Å². The fraction of sp³-hybridized carbons (Fsp3) is 0.562. The van der Waals surface area contributed by atoms with Crippen LogP contribution < -0.4 is 5.32 Å². The predicted octanol–water partition coefficient (Wildman–Crippen LogP) is 2.72. The van der Waals surface area contributed by atoms with E-state index in [1.807, 2.05) is 0 Å². The monoisotopic (exact) mass is 312 g/mol. The first kappa shape index (κ1) is 16.7. The number of carbonyl (C=O) groups is 1. The van der Waals surface area contributed by atoms with Crippen LogP contribution in [0.4, 0.5) is 13.6 Å². The van der Waals surface area contributed by atoms with Crippen LogP contribution in [0.3, 0.4) is 0 Å². The quantitative estimate of drug-likeness (QED) is 0.913. The zero-order valence-corrected chi connectivity index (χ0v) is 13.2. The molecule has 2 rings (SSSR count). The zero-order chi connectivity index (χ0) is 16.3. The Kier molecular flexibility index (Phi) is 5.01. The van der Waals surface area contributed by atoms with E-state index in [4.69, 9.17) is 4.74 Å². The SMILES string of the molecule is CC(C)(C)OC(=O)N1CCNC[C@H]1Cc1c(F)cccc1F. The van der Waals surface area contributed by atoms with E-state index in [1.54, 1.807) is 25.7 Å². The van der Waals surface area contributed by atoms with Gasteiger partial charge < -0.3 is 15.0 Å². The van der Waals surface area contributed by atoms with Crippen LogP contribution in [0.2, 0.25) is 0 Å². The van der Waals surface area contributed by atoms with E-state index < -0.39 is 23.3 Å². The molecule has 0 aromatic heterocycles. The number of benzene rings is 1.